The molecule has 0 aliphatic heterocycles. The Balaban J connectivity index is 2.52. The summed E-state index contributed by atoms with van der Waals surface area (Å²) >= 11 is 1.34. The van der Waals surface area contributed by atoms with Crippen LogP contribution in [-0.4, -0.2) is 28.1 Å². The Morgan fingerprint density at radius 2 is 2.36 bits per heavy atom. The maximum Gasteiger partial charge on any atom is 0.263 e. The van der Waals surface area contributed by atoms with Crippen LogP contribution in [0.4, 0.5) is 0 Å². The van der Waals surface area contributed by atoms with Crippen molar-refractivity contribution in [3.05, 3.63) is 16.1 Å². The van der Waals surface area contributed by atoms with Crippen molar-refractivity contribution in [2.75, 3.05) is 6.54 Å². The molecule has 1 aromatic rings. The molecule has 5 heteroatoms. The van der Waals surface area contributed by atoms with Crippen LogP contribution in [0.25, 0.3) is 0 Å². The van der Waals surface area contributed by atoms with Gasteiger partial charge in [-0.15, -0.1) is 11.3 Å². The van der Waals surface area contributed by atoms with E-state index >= 15 is 0 Å². The van der Waals surface area contributed by atoms with Gasteiger partial charge in [-0.05, 0) is 20.8 Å². The molecule has 0 saturated heterocycles. The molecule has 14 heavy (non-hydrogen) atoms. The van der Waals surface area contributed by atoms with Gasteiger partial charge in [-0.25, -0.2) is 4.98 Å². The normalized spacial score (nSPS) is 11.4. The van der Waals surface area contributed by atoms with Gasteiger partial charge in [0.2, 0.25) is 0 Å². The van der Waals surface area contributed by atoms with E-state index in [4.69, 9.17) is 0 Å². The lowest BCUT2D eigenvalue weighted by Crippen LogP contribution is -2.37. The number of carbonyl (C=O) groups is 1. The van der Waals surface area contributed by atoms with Crippen molar-refractivity contribution < 1.29 is 9.90 Å². The Kier molecular flexibility index (Phi) is 3.23. The number of aliphatic hydroxyl groups is 1. The van der Waals surface area contributed by atoms with Crippen LogP contribution in [0.5, 0.6) is 0 Å². The van der Waals surface area contributed by atoms with Gasteiger partial charge in [0.1, 0.15) is 4.88 Å². The summed E-state index contributed by atoms with van der Waals surface area (Å²) in [7, 11) is 0. The lowest BCUT2D eigenvalue weighted by molar-refractivity contribution is 0.0696. The summed E-state index contributed by atoms with van der Waals surface area (Å²) in [5, 5.41) is 12.9. The number of hydrogen-bond donors (Lipinski definition) is 2. The summed E-state index contributed by atoms with van der Waals surface area (Å²) in [6.45, 7) is 5.37. The number of aryl methyl sites for hydroxylation is 1. The van der Waals surface area contributed by atoms with E-state index in [-0.39, 0.29) is 12.5 Å². The summed E-state index contributed by atoms with van der Waals surface area (Å²) in [5.74, 6) is -0.183. The average Bonchev–Trinajstić information content (AvgIpc) is 2.46. The number of aromatic nitrogens is 1. The van der Waals surface area contributed by atoms with Crippen LogP contribution in [0.3, 0.4) is 0 Å². The van der Waals surface area contributed by atoms with Crippen LogP contribution in [0, 0.1) is 6.92 Å². The fraction of sp³-hybridized carbons (Fsp3) is 0.556. The van der Waals surface area contributed by atoms with Gasteiger partial charge >= 0.3 is 0 Å². The molecular formula is C9H14N2O2S. The quantitative estimate of drug-likeness (QED) is 0.787. The molecule has 0 unspecified atom stereocenters. The highest BCUT2D eigenvalue weighted by Crippen LogP contribution is 2.11. The standard InChI is InChI=1S/C9H14N2O2S/c1-6-10-4-7(14-6)8(12)11-5-9(2,3)13/h4,13H,5H2,1-3H3,(H,11,12). The SMILES string of the molecule is Cc1ncc(C(=O)NCC(C)(C)O)s1. The number of nitrogens with one attached hydrogen (secondary N) is 1. The van der Waals surface area contributed by atoms with E-state index < -0.39 is 5.60 Å². The predicted molar refractivity (Wildman–Crippen MR) is 55.5 cm³/mol. The zero-order valence-corrected chi connectivity index (χ0v) is 9.31. The minimum Gasteiger partial charge on any atom is -0.389 e. The summed E-state index contributed by atoms with van der Waals surface area (Å²) in [6, 6.07) is 0. The van der Waals surface area contributed by atoms with Gasteiger partial charge < -0.3 is 10.4 Å². The van der Waals surface area contributed by atoms with Crippen LogP contribution in [0.1, 0.15) is 28.5 Å². The monoisotopic (exact) mass is 214 g/mol. The average molecular weight is 214 g/mol. The first-order valence-electron chi connectivity index (χ1n) is 4.31. The Bertz CT molecular complexity index is 328. The summed E-state index contributed by atoms with van der Waals surface area (Å²) in [4.78, 5) is 16.0. The molecule has 0 spiro atoms. The van der Waals surface area contributed by atoms with E-state index in [2.05, 4.69) is 10.3 Å². The first kappa shape index (κ1) is 11.1. The number of hydrogen-bond acceptors (Lipinski definition) is 4. The van der Waals surface area contributed by atoms with E-state index in [0.717, 1.165) is 5.01 Å². The van der Waals surface area contributed by atoms with E-state index in [9.17, 15) is 9.90 Å². The molecule has 1 aromatic heterocycles. The van der Waals surface area contributed by atoms with Gasteiger partial charge in [-0.3, -0.25) is 4.79 Å². The Hall–Kier alpha value is -0.940. The molecule has 0 aliphatic rings. The first-order chi connectivity index (χ1) is 6.38. The van der Waals surface area contributed by atoms with E-state index in [1.165, 1.54) is 11.3 Å². The lowest BCUT2D eigenvalue weighted by atomic mass is 10.1. The fourth-order valence-corrected chi connectivity index (χ4v) is 1.54. The number of amides is 1. The van der Waals surface area contributed by atoms with E-state index in [1.54, 1.807) is 20.0 Å². The van der Waals surface area contributed by atoms with Crippen molar-refractivity contribution in [2.24, 2.45) is 0 Å². The summed E-state index contributed by atoms with van der Waals surface area (Å²) in [6.07, 6.45) is 1.54. The van der Waals surface area contributed by atoms with Gasteiger partial charge in [0, 0.05) is 6.54 Å². The smallest absolute Gasteiger partial charge is 0.263 e. The lowest BCUT2D eigenvalue weighted by Gasteiger charge is -2.16. The molecule has 0 radical (unpaired) electrons. The van der Waals surface area contributed by atoms with E-state index in [1.807, 2.05) is 6.92 Å². The highest BCUT2D eigenvalue weighted by molar-refractivity contribution is 7.13. The van der Waals surface area contributed by atoms with Crippen molar-refractivity contribution in [1.82, 2.24) is 10.3 Å². The van der Waals surface area contributed by atoms with Crippen LogP contribution in [0.15, 0.2) is 6.20 Å². The summed E-state index contributed by atoms with van der Waals surface area (Å²) in [5.41, 5.74) is -0.880. The predicted octanol–water partition coefficient (Wildman–Crippen LogP) is 0.952. The zero-order valence-electron chi connectivity index (χ0n) is 8.50. The molecule has 0 aliphatic carbocycles. The zero-order chi connectivity index (χ0) is 10.8. The molecule has 0 saturated carbocycles. The largest absolute Gasteiger partial charge is 0.389 e. The van der Waals surface area contributed by atoms with Crippen LogP contribution in [0.2, 0.25) is 0 Å². The van der Waals surface area contributed by atoms with Gasteiger partial charge in [-0.2, -0.15) is 0 Å². The molecular weight excluding hydrogens is 200 g/mol. The van der Waals surface area contributed by atoms with Crippen molar-refractivity contribution in [2.45, 2.75) is 26.4 Å². The van der Waals surface area contributed by atoms with Crippen molar-refractivity contribution in [3.8, 4) is 0 Å². The molecule has 0 bridgehead atoms. The van der Waals surface area contributed by atoms with Crippen LogP contribution >= 0.6 is 11.3 Å². The number of nitrogens with zero attached hydrogens (tertiary/aromatic N) is 1. The highest BCUT2D eigenvalue weighted by Gasteiger charge is 2.15. The topological polar surface area (TPSA) is 62.2 Å². The number of rotatable bonds is 3. The molecule has 0 fully saturated rings. The molecule has 0 atom stereocenters. The van der Waals surface area contributed by atoms with Gasteiger partial charge in [-0.1, -0.05) is 0 Å². The van der Waals surface area contributed by atoms with Crippen LogP contribution < -0.4 is 5.32 Å². The molecule has 0 aromatic carbocycles. The van der Waals surface area contributed by atoms with E-state index in [0.29, 0.717) is 4.88 Å². The third-order valence-electron chi connectivity index (χ3n) is 1.53. The van der Waals surface area contributed by atoms with Crippen LogP contribution in [-0.2, 0) is 0 Å². The van der Waals surface area contributed by atoms with Gasteiger partial charge in [0.05, 0.1) is 16.8 Å². The Morgan fingerprint density at radius 3 is 2.79 bits per heavy atom. The van der Waals surface area contributed by atoms with Gasteiger partial charge in [0.25, 0.3) is 5.91 Å². The number of thiazole rings is 1. The second-order valence-corrected chi connectivity index (χ2v) is 4.97. The Labute approximate surface area is 87.0 Å². The minimum absolute atomic E-state index is 0.183. The minimum atomic E-state index is -0.880. The molecule has 2 N–H and O–H groups in total. The fourth-order valence-electron chi connectivity index (χ4n) is 0.850. The third-order valence-corrected chi connectivity index (χ3v) is 2.44. The molecule has 1 rings (SSSR count). The second-order valence-electron chi connectivity index (χ2n) is 3.74. The third kappa shape index (κ3) is 3.43. The van der Waals surface area contributed by atoms with Crippen molar-refractivity contribution in [1.29, 1.82) is 0 Å². The second kappa shape index (κ2) is 4.06. The maximum atomic E-state index is 11.5. The molecule has 1 heterocycles. The van der Waals surface area contributed by atoms with Crippen molar-refractivity contribution >= 4 is 17.2 Å². The Morgan fingerprint density at radius 1 is 1.71 bits per heavy atom. The maximum absolute atomic E-state index is 11.5. The number of carbonyl (C=O) groups excluding carboxylic acids is 1. The highest BCUT2D eigenvalue weighted by atomic mass is 32.1. The molecule has 78 valence electrons. The summed E-state index contributed by atoms with van der Waals surface area (Å²) < 4.78 is 0. The van der Waals surface area contributed by atoms with Gasteiger partial charge in [0.15, 0.2) is 0 Å². The molecule has 1 amide bonds. The molecule has 4 nitrogen and oxygen atoms in total. The first-order valence-corrected chi connectivity index (χ1v) is 5.13. The van der Waals surface area contributed by atoms with Crippen molar-refractivity contribution in [3.63, 3.8) is 0 Å².